The number of phenolic OH excluding ortho intramolecular Hbond substituents is 1. The van der Waals surface area contributed by atoms with E-state index in [-0.39, 0.29) is 23.0 Å². The maximum atomic E-state index is 11.7. The molecule has 1 aliphatic rings. The monoisotopic (exact) mass is 531 g/mol. The van der Waals surface area contributed by atoms with E-state index in [1.54, 1.807) is 24.4 Å². The number of sulfone groups is 1. The van der Waals surface area contributed by atoms with Gasteiger partial charge < -0.3 is 15.3 Å². The van der Waals surface area contributed by atoms with E-state index in [1.165, 1.54) is 17.9 Å². The van der Waals surface area contributed by atoms with Crippen LogP contribution >= 0.6 is 0 Å². The van der Waals surface area contributed by atoms with Crippen molar-refractivity contribution in [2.24, 2.45) is 5.92 Å². The smallest absolute Gasteiger partial charge is 0.161 e. The van der Waals surface area contributed by atoms with E-state index < -0.39 is 9.84 Å². The van der Waals surface area contributed by atoms with Crippen molar-refractivity contribution < 1.29 is 18.3 Å². The number of rotatable bonds is 8. The van der Waals surface area contributed by atoms with Crippen LogP contribution in [0.15, 0.2) is 54.9 Å². The van der Waals surface area contributed by atoms with E-state index in [0.29, 0.717) is 48.3 Å². The number of aromatic nitrogens is 3. The van der Waals surface area contributed by atoms with Crippen LogP contribution in [-0.2, 0) is 9.84 Å². The largest absolute Gasteiger partial charge is 0.507 e. The molecule has 5 rings (SSSR count). The Morgan fingerprint density at radius 2 is 1.87 bits per heavy atom. The fourth-order valence-electron chi connectivity index (χ4n) is 4.88. The van der Waals surface area contributed by atoms with Crippen LogP contribution in [-0.4, -0.2) is 59.9 Å². The predicted octanol–water partition coefficient (Wildman–Crippen LogP) is 4.56. The summed E-state index contributed by atoms with van der Waals surface area (Å²) >= 11 is 0. The highest BCUT2D eigenvalue weighted by Crippen LogP contribution is 2.37. The molecule has 10 heteroatoms. The number of aromatic hydroxyl groups is 1. The summed E-state index contributed by atoms with van der Waals surface area (Å²) in [6.07, 6.45) is 5.34. The minimum Gasteiger partial charge on any atom is -0.507 e. The Labute approximate surface area is 221 Å². The van der Waals surface area contributed by atoms with Gasteiger partial charge in [-0.25, -0.2) is 23.4 Å². The van der Waals surface area contributed by atoms with Crippen molar-refractivity contribution in [3.63, 3.8) is 0 Å². The molecule has 0 spiro atoms. The summed E-state index contributed by atoms with van der Waals surface area (Å²) in [5.41, 5.74) is 3.02. The fourth-order valence-corrected chi connectivity index (χ4v) is 5.95. The van der Waals surface area contributed by atoms with E-state index in [0.717, 1.165) is 16.5 Å². The van der Waals surface area contributed by atoms with Crippen LogP contribution < -0.4 is 10.2 Å². The second kappa shape index (κ2) is 10.0. The van der Waals surface area contributed by atoms with Crippen molar-refractivity contribution in [3.8, 4) is 17.1 Å². The average Bonchev–Trinajstić information content (AvgIpc) is 2.85. The molecule has 0 atom stereocenters. The molecule has 1 aliphatic heterocycles. The van der Waals surface area contributed by atoms with Gasteiger partial charge in [-0.2, -0.15) is 0 Å². The van der Waals surface area contributed by atoms with E-state index in [9.17, 15) is 18.3 Å². The molecule has 1 fully saturated rings. The molecule has 9 nitrogen and oxygen atoms in total. The second-order valence-corrected chi connectivity index (χ2v) is 12.3. The lowest BCUT2D eigenvalue weighted by atomic mass is 9.93. The van der Waals surface area contributed by atoms with Gasteiger partial charge in [0, 0.05) is 54.3 Å². The summed E-state index contributed by atoms with van der Waals surface area (Å²) in [5.74, 6) is 2.12. The quantitative estimate of drug-likeness (QED) is 0.315. The van der Waals surface area contributed by atoms with Crippen LogP contribution in [0, 0.1) is 5.92 Å². The molecule has 4 aromatic rings. The van der Waals surface area contributed by atoms with Gasteiger partial charge in [-0.15, -0.1) is 0 Å². The number of carbonyl (C=O) groups excluding carboxylic acids is 1. The van der Waals surface area contributed by atoms with Crippen LogP contribution in [0.25, 0.3) is 22.2 Å². The average molecular weight is 532 g/mol. The van der Waals surface area contributed by atoms with Crippen molar-refractivity contribution >= 4 is 44.2 Å². The minimum atomic E-state index is -3.00. The Balaban J connectivity index is 1.44. The maximum Gasteiger partial charge on any atom is 0.161 e. The topological polar surface area (TPSA) is 125 Å². The number of hydrogen-bond acceptors (Lipinski definition) is 9. The van der Waals surface area contributed by atoms with Gasteiger partial charge in [-0.1, -0.05) is 19.9 Å². The van der Waals surface area contributed by atoms with E-state index in [4.69, 9.17) is 0 Å². The van der Waals surface area contributed by atoms with Crippen molar-refractivity contribution in [3.05, 3.63) is 66.0 Å². The molecule has 0 amide bonds. The summed E-state index contributed by atoms with van der Waals surface area (Å²) in [6, 6.07) is 12.6. The zero-order valence-electron chi connectivity index (χ0n) is 21.4. The number of nitrogens with zero attached hydrogens (tertiary/aromatic N) is 4. The first kappa shape index (κ1) is 25.6. The van der Waals surface area contributed by atoms with E-state index in [2.05, 4.69) is 51.1 Å². The third kappa shape index (κ3) is 5.31. The molecule has 0 saturated carbocycles. The number of aldehydes is 1. The maximum absolute atomic E-state index is 11.7. The molecule has 0 unspecified atom stereocenters. The molecule has 3 heterocycles. The van der Waals surface area contributed by atoms with Crippen molar-refractivity contribution in [2.75, 3.05) is 35.3 Å². The SMILES string of the molecule is CC(C)c1ccc(N2CC(CS(C)(=O)=O)C2)c2cnc(Nc3ccnc(-c4ccc(O)c(C=O)c4)n3)cc12. The van der Waals surface area contributed by atoms with Gasteiger partial charge in [0.25, 0.3) is 0 Å². The lowest BCUT2D eigenvalue weighted by Crippen LogP contribution is -2.49. The minimum absolute atomic E-state index is 0.0946. The zero-order chi connectivity index (χ0) is 27.0. The van der Waals surface area contributed by atoms with Gasteiger partial charge in [0.2, 0.25) is 0 Å². The van der Waals surface area contributed by atoms with Crippen LogP contribution in [0.2, 0.25) is 0 Å². The van der Waals surface area contributed by atoms with Gasteiger partial charge in [0.15, 0.2) is 12.1 Å². The fraction of sp³-hybridized carbons (Fsp3) is 0.286. The number of fused-ring (bicyclic) bond motifs is 1. The highest BCUT2D eigenvalue weighted by molar-refractivity contribution is 7.90. The van der Waals surface area contributed by atoms with Gasteiger partial charge in [-0.05, 0) is 53.3 Å². The van der Waals surface area contributed by atoms with Crippen LogP contribution in [0.4, 0.5) is 17.3 Å². The third-order valence-electron chi connectivity index (χ3n) is 6.69. The Kier molecular flexibility index (Phi) is 6.75. The molecule has 2 N–H and O–H groups in total. The van der Waals surface area contributed by atoms with Crippen molar-refractivity contribution in [1.29, 1.82) is 0 Å². The lowest BCUT2D eigenvalue weighted by molar-refractivity contribution is 0.112. The number of carbonyl (C=O) groups is 1. The van der Waals surface area contributed by atoms with Gasteiger partial charge in [0.05, 0.1) is 11.3 Å². The predicted molar refractivity (Wildman–Crippen MR) is 149 cm³/mol. The van der Waals surface area contributed by atoms with Crippen LogP contribution in [0.5, 0.6) is 5.75 Å². The van der Waals surface area contributed by atoms with Gasteiger partial charge in [0.1, 0.15) is 27.2 Å². The van der Waals surface area contributed by atoms with Gasteiger partial charge >= 0.3 is 0 Å². The number of phenols is 1. The Bertz CT molecular complexity index is 1630. The van der Waals surface area contributed by atoms with Crippen molar-refractivity contribution in [1.82, 2.24) is 15.0 Å². The number of nitrogens with one attached hydrogen (secondary N) is 1. The van der Waals surface area contributed by atoms with Crippen molar-refractivity contribution in [2.45, 2.75) is 19.8 Å². The Morgan fingerprint density at radius 3 is 2.58 bits per heavy atom. The molecular weight excluding hydrogens is 502 g/mol. The standard InChI is InChI=1S/C28H29N5O4S/c1-17(2)21-5-6-24(33-13-18(14-33)16-38(3,36)37)23-12-30-27(11-22(21)23)31-26-8-9-29-28(32-26)19-4-7-25(35)20(10-19)15-34/h4-12,15,17-18,35H,13-14,16H2,1-3H3,(H,29,30,31,32). The molecule has 2 aromatic heterocycles. The Morgan fingerprint density at radius 1 is 1.08 bits per heavy atom. The lowest BCUT2D eigenvalue weighted by Gasteiger charge is -2.41. The summed E-state index contributed by atoms with van der Waals surface area (Å²) in [6.45, 7) is 5.71. The first-order chi connectivity index (χ1) is 18.1. The summed E-state index contributed by atoms with van der Waals surface area (Å²) < 4.78 is 23.3. The van der Waals surface area contributed by atoms with Crippen LogP contribution in [0.3, 0.4) is 0 Å². The summed E-state index contributed by atoms with van der Waals surface area (Å²) in [4.78, 5) is 26.9. The zero-order valence-corrected chi connectivity index (χ0v) is 22.2. The number of hydrogen-bond donors (Lipinski definition) is 2. The first-order valence-corrected chi connectivity index (χ1v) is 14.4. The number of benzene rings is 2. The normalized spacial score (nSPS) is 14.1. The number of pyridine rings is 1. The summed E-state index contributed by atoms with van der Waals surface area (Å²) in [5, 5.41) is 15.1. The molecular formula is C28H29N5O4S. The second-order valence-electron chi connectivity index (χ2n) is 10.1. The van der Waals surface area contributed by atoms with E-state index >= 15 is 0 Å². The molecule has 0 aliphatic carbocycles. The highest BCUT2D eigenvalue weighted by Gasteiger charge is 2.31. The Hall–Kier alpha value is -4.05. The summed E-state index contributed by atoms with van der Waals surface area (Å²) in [7, 11) is -3.00. The molecule has 38 heavy (non-hydrogen) atoms. The molecule has 1 saturated heterocycles. The molecule has 196 valence electrons. The highest BCUT2D eigenvalue weighted by atomic mass is 32.2. The third-order valence-corrected chi connectivity index (χ3v) is 7.77. The van der Waals surface area contributed by atoms with E-state index in [1.807, 2.05) is 12.3 Å². The molecule has 0 bridgehead atoms. The first-order valence-electron chi connectivity index (χ1n) is 12.4. The molecule has 0 radical (unpaired) electrons. The van der Waals surface area contributed by atoms with Gasteiger partial charge in [-0.3, -0.25) is 4.79 Å². The van der Waals surface area contributed by atoms with Crippen LogP contribution in [0.1, 0.15) is 35.7 Å². The number of anilines is 3. The molecule has 2 aromatic carbocycles.